The summed E-state index contributed by atoms with van der Waals surface area (Å²) in [7, 11) is 3.13. The Balaban J connectivity index is 2.30. The van der Waals surface area contributed by atoms with Crippen LogP contribution in [0.1, 0.15) is 19.8 Å². The van der Waals surface area contributed by atoms with E-state index in [-0.39, 0.29) is 17.3 Å². The molecule has 2 N–H and O–H groups in total. The largest absolute Gasteiger partial charge is 0.341 e. The lowest BCUT2D eigenvalue weighted by molar-refractivity contribution is 0.495. The number of hydrogen-bond donors (Lipinski definition) is 1. The maximum Gasteiger partial charge on any atom is 0.332 e. The minimum Gasteiger partial charge on any atom is -0.341 e. The predicted molar refractivity (Wildman–Crippen MR) is 102 cm³/mol. The van der Waals surface area contributed by atoms with E-state index in [1.807, 2.05) is 17.6 Å². The topological polar surface area (TPSA) is 91.1 Å². The number of aromatic nitrogens is 4. The number of aryl methyl sites for hydroxylation is 1. The van der Waals surface area contributed by atoms with E-state index in [1.54, 1.807) is 7.05 Å². The van der Waals surface area contributed by atoms with Crippen LogP contribution >= 0.6 is 15.9 Å². The van der Waals surface area contributed by atoms with Gasteiger partial charge in [-0.1, -0.05) is 22.0 Å². The van der Waals surface area contributed by atoms with Gasteiger partial charge in [0.2, 0.25) is 5.95 Å². The molecule has 0 bridgehead atoms. The third-order valence-electron chi connectivity index (χ3n) is 4.69. The summed E-state index contributed by atoms with van der Waals surface area (Å²) < 4.78 is 5.35. The standard InChI is InChI=1S/C16H23BrN6O2/c1-4-10(17)8-23-12-13(20(2)16(25)21(3)14(12)24)19-15(23)22-7-5-6-11(18)9-22/h4,11H,5-9,18H2,1-3H3. The predicted octanol–water partition coefficient (Wildman–Crippen LogP) is 0.660. The van der Waals surface area contributed by atoms with Crippen LogP contribution in [-0.2, 0) is 20.6 Å². The highest BCUT2D eigenvalue weighted by atomic mass is 79.9. The van der Waals surface area contributed by atoms with Crippen molar-refractivity contribution in [3.8, 4) is 0 Å². The Morgan fingerprint density at radius 2 is 2.08 bits per heavy atom. The van der Waals surface area contributed by atoms with Crippen molar-refractivity contribution in [1.29, 1.82) is 0 Å². The van der Waals surface area contributed by atoms with E-state index in [0.29, 0.717) is 30.2 Å². The molecule has 0 radical (unpaired) electrons. The number of nitrogens with zero attached hydrogens (tertiary/aromatic N) is 5. The van der Waals surface area contributed by atoms with E-state index in [9.17, 15) is 9.59 Å². The molecule has 0 amide bonds. The lowest BCUT2D eigenvalue weighted by atomic mass is 10.1. The quantitative estimate of drug-likeness (QED) is 0.802. The molecule has 1 fully saturated rings. The fraction of sp³-hybridized carbons (Fsp3) is 0.562. The van der Waals surface area contributed by atoms with Gasteiger partial charge in [0.1, 0.15) is 0 Å². The second kappa shape index (κ2) is 6.80. The van der Waals surface area contributed by atoms with Crippen LogP contribution < -0.4 is 21.9 Å². The molecule has 2 aromatic heterocycles. The van der Waals surface area contributed by atoms with Gasteiger partial charge in [0, 0.05) is 37.7 Å². The van der Waals surface area contributed by atoms with Crippen molar-refractivity contribution in [3.63, 3.8) is 0 Å². The van der Waals surface area contributed by atoms with Gasteiger partial charge in [-0.15, -0.1) is 0 Å². The van der Waals surface area contributed by atoms with Gasteiger partial charge in [-0.2, -0.15) is 4.98 Å². The fourth-order valence-corrected chi connectivity index (χ4v) is 3.51. The summed E-state index contributed by atoms with van der Waals surface area (Å²) in [6, 6.07) is 0.0822. The first kappa shape index (κ1) is 17.9. The molecule has 1 aliphatic heterocycles. The summed E-state index contributed by atoms with van der Waals surface area (Å²) in [6.07, 6.45) is 3.89. The molecule has 2 aromatic rings. The Bertz CT molecular complexity index is 954. The van der Waals surface area contributed by atoms with Crippen LogP contribution in [0.3, 0.4) is 0 Å². The second-order valence-electron chi connectivity index (χ2n) is 6.46. The maximum absolute atomic E-state index is 12.8. The van der Waals surface area contributed by atoms with E-state index < -0.39 is 0 Å². The average Bonchev–Trinajstić information content (AvgIpc) is 2.97. The van der Waals surface area contributed by atoms with Gasteiger partial charge < -0.3 is 10.6 Å². The van der Waals surface area contributed by atoms with Crippen molar-refractivity contribution < 1.29 is 0 Å². The Hall–Kier alpha value is -1.87. The van der Waals surface area contributed by atoms with Crippen molar-refractivity contribution in [1.82, 2.24) is 18.7 Å². The van der Waals surface area contributed by atoms with Crippen LogP contribution in [0.2, 0.25) is 0 Å². The van der Waals surface area contributed by atoms with Gasteiger partial charge in [-0.05, 0) is 19.8 Å². The molecule has 136 valence electrons. The number of allylic oxidation sites excluding steroid dienone is 2. The first-order valence-corrected chi connectivity index (χ1v) is 9.12. The van der Waals surface area contributed by atoms with Gasteiger partial charge in [0.25, 0.3) is 5.56 Å². The average molecular weight is 411 g/mol. The van der Waals surface area contributed by atoms with Crippen molar-refractivity contribution in [2.75, 3.05) is 18.0 Å². The van der Waals surface area contributed by atoms with E-state index >= 15 is 0 Å². The molecule has 25 heavy (non-hydrogen) atoms. The van der Waals surface area contributed by atoms with Gasteiger partial charge in [0.15, 0.2) is 11.2 Å². The van der Waals surface area contributed by atoms with Crippen LogP contribution in [0.5, 0.6) is 0 Å². The molecule has 8 nitrogen and oxygen atoms in total. The third kappa shape index (κ3) is 3.06. The Morgan fingerprint density at radius 3 is 2.72 bits per heavy atom. The minimum absolute atomic E-state index is 0.0822. The molecule has 0 saturated carbocycles. The zero-order chi connectivity index (χ0) is 18.3. The first-order chi connectivity index (χ1) is 11.8. The highest BCUT2D eigenvalue weighted by Crippen LogP contribution is 2.25. The number of halogens is 1. The molecule has 1 aliphatic rings. The number of anilines is 1. The number of imidazole rings is 1. The molecule has 1 atom stereocenters. The summed E-state index contributed by atoms with van der Waals surface area (Å²) in [4.78, 5) is 31.8. The molecule has 3 rings (SSSR count). The van der Waals surface area contributed by atoms with Gasteiger partial charge in [0.05, 0.1) is 6.54 Å². The minimum atomic E-state index is -0.380. The summed E-state index contributed by atoms with van der Waals surface area (Å²) in [5, 5.41) is 0. The zero-order valence-electron chi connectivity index (χ0n) is 14.7. The lowest BCUT2D eigenvalue weighted by Gasteiger charge is -2.31. The molecule has 3 heterocycles. The highest BCUT2D eigenvalue weighted by molar-refractivity contribution is 9.11. The van der Waals surface area contributed by atoms with Crippen LogP contribution in [0, 0.1) is 0 Å². The lowest BCUT2D eigenvalue weighted by Crippen LogP contribution is -2.44. The molecule has 0 aromatic carbocycles. The number of fused-ring (bicyclic) bond motifs is 1. The van der Waals surface area contributed by atoms with Crippen LogP contribution in [0.4, 0.5) is 5.95 Å². The number of rotatable bonds is 3. The van der Waals surface area contributed by atoms with Crippen molar-refractivity contribution in [3.05, 3.63) is 31.4 Å². The maximum atomic E-state index is 12.8. The number of nitrogens with two attached hydrogens (primary N) is 1. The number of piperidine rings is 1. The Kier molecular flexibility index (Phi) is 4.88. The van der Waals surface area contributed by atoms with Crippen molar-refractivity contribution >= 4 is 33.0 Å². The van der Waals surface area contributed by atoms with Gasteiger partial charge >= 0.3 is 5.69 Å². The van der Waals surface area contributed by atoms with Crippen LogP contribution in [0.25, 0.3) is 11.2 Å². The van der Waals surface area contributed by atoms with Gasteiger partial charge in [-0.3, -0.25) is 18.5 Å². The summed E-state index contributed by atoms with van der Waals surface area (Å²) in [6.45, 7) is 3.92. The molecule has 0 spiro atoms. The van der Waals surface area contributed by atoms with Crippen molar-refractivity contribution in [2.24, 2.45) is 19.8 Å². The normalized spacial score (nSPS) is 19.0. The van der Waals surface area contributed by atoms with E-state index in [1.165, 1.54) is 11.6 Å². The van der Waals surface area contributed by atoms with Crippen LogP contribution in [0.15, 0.2) is 20.1 Å². The Labute approximate surface area is 153 Å². The van der Waals surface area contributed by atoms with E-state index in [4.69, 9.17) is 5.73 Å². The molecule has 1 saturated heterocycles. The highest BCUT2D eigenvalue weighted by Gasteiger charge is 2.25. The molecular formula is C16H23BrN6O2. The second-order valence-corrected chi connectivity index (χ2v) is 7.48. The zero-order valence-corrected chi connectivity index (χ0v) is 16.3. The Morgan fingerprint density at radius 1 is 1.36 bits per heavy atom. The van der Waals surface area contributed by atoms with E-state index in [0.717, 1.165) is 28.4 Å². The molecule has 1 unspecified atom stereocenters. The van der Waals surface area contributed by atoms with E-state index in [2.05, 4.69) is 25.8 Å². The summed E-state index contributed by atoms with van der Waals surface area (Å²) in [5.74, 6) is 0.683. The summed E-state index contributed by atoms with van der Waals surface area (Å²) >= 11 is 3.52. The summed E-state index contributed by atoms with van der Waals surface area (Å²) in [5.41, 5.74) is 6.23. The molecule has 0 aliphatic carbocycles. The van der Waals surface area contributed by atoms with Crippen LogP contribution in [-0.4, -0.2) is 37.8 Å². The first-order valence-electron chi connectivity index (χ1n) is 8.32. The SMILES string of the molecule is CC=C(Br)Cn1c(N2CCCC(N)C2)nc2c1c(=O)n(C)c(=O)n2C. The molecule has 9 heteroatoms. The number of hydrogen-bond acceptors (Lipinski definition) is 5. The van der Waals surface area contributed by atoms with Gasteiger partial charge in [-0.25, -0.2) is 4.79 Å². The fourth-order valence-electron chi connectivity index (χ4n) is 3.26. The third-order valence-corrected chi connectivity index (χ3v) is 5.40. The smallest absolute Gasteiger partial charge is 0.332 e. The van der Waals surface area contributed by atoms with Crippen molar-refractivity contribution in [2.45, 2.75) is 32.4 Å². The molecular weight excluding hydrogens is 388 g/mol. The monoisotopic (exact) mass is 410 g/mol.